The monoisotopic (exact) mass is 424 g/mol. The number of rotatable bonds is 8. The van der Waals surface area contributed by atoms with Crippen LogP contribution in [0.15, 0.2) is 53.3 Å². The van der Waals surface area contributed by atoms with Crippen molar-refractivity contribution in [2.45, 2.75) is 38.9 Å². The van der Waals surface area contributed by atoms with Gasteiger partial charge in [-0.1, -0.05) is 6.07 Å². The Morgan fingerprint density at radius 2 is 2.10 bits per heavy atom. The summed E-state index contributed by atoms with van der Waals surface area (Å²) in [5.41, 5.74) is 4.68. The molecular weight excluding hydrogens is 396 g/mol. The molecular formula is C23H28N4O2S. The van der Waals surface area contributed by atoms with Crippen molar-refractivity contribution in [2.24, 2.45) is 0 Å². The van der Waals surface area contributed by atoms with Crippen LogP contribution in [0.4, 0.5) is 0 Å². The summed E-state index contributed by atoms with van der Waals surface area (Å²) in [6.45, 7) is 6.57. The van der Waals surface area contributed by atoms with Crippen molar-refractivity contribution in [3.8, 4) is 0 Å². The lowest BCUT2D eigenvalue weighted by molar-refractivity contribution is 0.180. The van der Waals surface area contributed by atoms with Crippen molar-refractivity contribution in [3.05, 3.63) is 77.3 Å². The number of aromatic nitrogens is 2. The largest absolute Gasteiger partial charge is 0.467 e. The highest BCUT2D eigenvalue weighted by Crippen LogP contribution is 2.40. The highest BCUT2D eigenvalue weighted by atomic mass is 32.1. The maximum absolute atomic E-state index is 5.74. The number of methoxy groups -OCH3 is 1. The molecule has 158 valence electrons. The Kier molecular flexibility index (Phi) is 6.20. The Morgan fingerprint density at radius 3 is 2.80 bits per heavy atom. The topological polar surface area (TPSA) is 55.5 Å². The standard InChI is InChI=1S/C23H28N4O2S/c1-16-14-19(17(2)27(16)15-18-8-6-13-29-18)22-21(20-9-4-5-10-24-20)25-23(30)26(22)11-7-12-28-3/h4-6,8-10,13-14,21-22H,7,11-12,15H2,1-3H3,(H,25,30). The Balaban J connectivity index is 1.72. The molecule has 0 spiro atoms. The van der Waals surface area contributed by atoms with E-state index in [1.807, 2.05) is 30.5 Å². The second-order valence-corrected chi connectivity index (χ2v) is 8.05. The number of pyridine rings is 1. The Hall–Kier alpha value is -2.64. The zero-order valence-corrected chi connectivity index (χ0v) is 18.5. The first-order chi connectivity index (χ1) is 14.6. The minimum absolute atomic E-state index is 0.00110. The van der Waals surface area contributed by atoms with Crippen LogP contribution in [0.1, 0.15) is 46.9 Å². The first kappa shape index (κ1) is 20.6. The van der Waals surface area contributed by atoms with E-state index in [0.29, 0.717) is 13.2 Å². The van der Waals surface area contributed by atoms with Gasteiger partial charge in [-0.3, -0.25) is 4.98 Å². The van der Waals surface area contributed by atoms with Crippen molar-refractivity contribution in [1.82, 2.24) is 19.8 Å². The molecule has 0 amide bonds. The van der Waals surface area contributed by atoms with Gasteiger partial charge >= 0.3 is 0 Å². The van der Waals surface area contributed by atoms with E-state index < -0.39 is 0 Å². The molecule has 30 heavy (non-hydrogen) atoms. The minimum atomic E-state index is -0.00110. The van der Waals surface area contributed by atoms with E-state index >= 15 is 0 Å². The van der Waals surface area contributed by atoms with E-state index in [2.05, 4.69) is 45.7 Å². The Labute approximate surface area is 182 Å². The van der Waals surface area contributed by atoms with Crippen LogP contribution in [0.2, 0.25) is 0 Å². The van der Waals surface area contributed by atoms with Crippen LogP contribution >= 0.6 is 12.2 Å². The van der Waals surface area contributed by atoms with Crippen molar-refractivity contribution in [2.75, 3.05) is 20.3 Å². The van der Waals surface area contributed by atoms with Crippen LogP contribution in [-0.4, -0.2) is 39.8 Å². The van der Waals surface area contributed by atoms with Crippen LogP contribution in [0.25, 0.3) is 0 Å². The molecule has 1 fully saturated rings. The molecule has 0 bridgehead atoms. The minimum Gasteiger partial charge on any atom is -0.467 e. The third-order valence-electron chi connectivity index (χ3n) is 5.77. The van der Waals surface area contributed by atoms with Gasteiger partial charge in [-0.05, 0) is 68.4 Å². The molecule has 0 aliphatic carbocycles. The molecule has 4 rings (SSSR count). The number of furan rings is 1. The van der Waals surface area contributed by atoms with Gasteiger partial charge in [0.1, 0.15) is 5.76 Å². The summed E-state index contributed by atoms with van der Waals surface area (Å²) >= 11 is 5.74. The number of aryl methyl sites for hydroxylation is 1. The zero-order valence-electron chi connectivity index (χ0n) is 17.7. The summed E-state index contributed by atoms with van der Waals surface area (Å²) in [7, 11) is 1.73. The number of thiocarbonyl (C=S) groups is 1. The average Bonchev–Trinajstić information content (AvgIpc) is 3.45. The average molecular weight is 425 g/mol. The fourth-order valence-electron chi connectivity index (χ4n) is 4.29. The van der Waals surface area contributed by atoms with E-state index in [4.69, 9.17) is 21.4 Å². The van der Waals surface area contributed by atoms with Gasteiger partial charge in [0.2, 0.25) is 0 Å². The molecule has 6 nitrogen and oxygen atoms in total. The SMILES string of the molecule is COCCCN1C(=S)NC(c2ccccn2)C1c1cc(C)n(Cc2ccco2)c1C. The number of hydrogen-bond donors (Lipinski definition) is 1. The van der Waals surface area contributed by atoms with Gasteiger partial charge in [0.25, 0.3) is 0 Å². The third kappa shape index (κ3) is 4.00. The quantitative estimate of drug-likeness (QED) is 0.433. The van der Waals surface area contributed by atoms with Crippen LogP contribution in [0.5, 0.6) is 0 Å². The maximum Gasteiger partial charge on any atom is 0.170 e. The molecule has 0 saturated carbocycles. The molecule has 2 unspecified atom stereocenters. The molecule has 0 aromatic carbocycles. The Morgan fingerprint density at radius 1 is 1.23 bits per heavy atom. The highest BCUT2D eigenvalue weighted by Gasteiger charge is 2.41. The molecule has 3 aromatic rings. The summed E-state index contributed by atoms with van der Waals surface area (Å²) in [6.07, 6.45) is 4.47. The van der Waals surface area contributed by atoms with Gasteiger partial charge in [0, 0.05) is 37.8 Å². The van der Waals surface area contributed by atoms with Crippen molar-refractivity contribution < 1.29 is 9.15 Å². The first-order valence-electron chi connectivity index (χ1n) is 10.3. The van der Waals surface area contributed by atoms with Crippen molar-refractivity contribution in [1.29, 1.82) is 0 Å². The van der Waals surface area contributed by atoms with Crippen LogP contribution in [0, 0.1) is 13.8 Å². The second kappa shape index (κ2) is 9.02. The molecule has 1 aliphatic rings. The smallest absolute Gasteiger partial charge is 0.170 e. The van der Waals surface area contributed by atoms with E-state index in [1.54, 1.807) is 13.4 Å². The van der Waals surface area contributed by atoms with Gasteiger partial charge in [-0.25, -0.2) is 0 Å². The van der Waals surface area contributed by atoms with Gasteiger partial charge in [0.05, 0.1) is 30.6 Å². The van der Waals surface area contributed by atoms with E-state index in [9.17, 15) is 0 Å². The van der Waals surface area contributed by atoms with Gasteiger partial charge in [-0.15, -0.1) is 0 Å². The predicted octanol–water partition coefficient (Wildman–Crippen LogP) is 4.15. The van der Waals surface area contributed by atoms with Crippen molar-refractivity contribution >= 4 is 17.3 Å². The summed E-state index contributed by atoms with van der Waals surface area (Å²) in [5.74, 6) is 0.946. The second-order valence-electron chi connectivity index (χ2n) is 7.66. The Bertz CT molecular complexity index is 984. The molecule has 2 atom stereocenters. The van der Waals surface area contributed by atoms with Crippen LogP contribution < -0.4 is 5.32 Å². The lowest BCUT2D eigenvalue weighted by Gasteiger charge is -2.28. The predicted molar refractivity (Wildman–Crippen MR) is 120 cm³/mol. The fraction of sp³-hybridized carbons (Fsp3) is 0.391. The maximum atomic E-state index is 5.74. The van der Waals surface area contributed by atoms with E-state index in [1.165, 1.54) is 17.0 Å². The summed E-state index contributed by atoms with van der Waals surface area (Å²) in [6, 6.07) is 12.3. The van der Waals surface area contributed by atoms with Gasteiger partial charge in [-0.2, -0.15) is 0 Å². The molecule has 4 heterocycles. The molecule has 3 aromatic heterocycles. The van der Waals surface area contributed by atoms with Crippen molar-refractivity contribution in [3.63, 3.8) is 0 Å². The van der Waals surface area contributed by atoms with Gasteiger partial charge in [0.15, 0.2) is 5.11 Å². The third-order valence-corrected chi connectivity index (χ3v) is 6.12. The normalized spacial score (nSPS) is 18.8. The number of hydrogen-bond acceptors (Lipinski definition) is 4. The fourth-order valence-corrected chi connectivity index (χ4v) is 4.62. The molecule has 1 aliphatic heterocycles. The summed E-state index contributed by atoms with van der Waals surface area (Å²) in [4.78, 5) is 6.91. The lowest BCUT2D eigenvalue weighted by Crippen LogP contribution is -2.31. The van der Waals surface area contributed by atoms with Crippen LogP contribution in [-0.2, 0) is 11.3 Å². The number of nitrogens with zero attached hydrogens (tertiary/aromatic N) is 3. The zero-order chi connectivity index (χ0) is 21.1. The van der Waals surface area contributed by atoms with Crippen LogP contribution in [0.3, 0.4) is 0 Å². The van der Waals surface area contributed by atoms with E-state index in [0.717, 1.165) is 29.5 Å². The molecule has 0 radical (unpaired) electrons. The van der Waals surface area contributed by atoms with E-state index in [-0.39, 0.29) is 12.1 Å². The highest BCUT2D eigenvalue weighted by molar-refractivity contribution is 7.80. The molecule has 1 saturated heterocycles. The summed E-state index contributed by atoms with van der Waals surface area (Å²) < 4.78 is 13.2. The molecule has 7 heteroatoms. The lowest BCUT2D eigenvalue weighted by atomic mass is 9.96. The van der Waals surface area contributed by atoms with Gasteiger partial charge < -0.3 is 23.9 Å². The first-order valence-corrected chi connectivity index (χ1v) is 10.7. The molecule has 1 N–H and O–H groups in total. The number of nitrogens with one attached hydrogen (secondary N) is 1. The summed E-state index contributed by atoms with van der Waals surface area (Å²) in [5, 5.41) is 4.29. The number of ether oxygens (including phenoxy) is 1.